The van der Waals surface area contributed by atoms with Crippen molar-refractivity contribution in [2.24, 2.45) is 0 Å². The molecule has 18 aromatic carbocycles. The van der Waals surface area contributed by atoms with Gasteiger partial charge in [0.25, 0.3) is 0 Å². The SMILES string of the molecule is c1ccc(-c2cc(-c3ccccc3)cc(-c3nc(-c4ccccc4)nc(-c4ccc5c(c4)sc4cc(C6(c7ccccc7)c7ccccc7-c7ccccc76)ccc45)n3)c2)cc1.c1ccc(-c2ccc(-c3nc(-c4cccc(-c5ccccc5)c4)nc(-c4ccc5c(c4)sc4cc(C6(c7ccccc7)c7ccccc7-c7ccccc76)ccc45)n3)cc2)cc1. The molecule has 24 rings (SSSR count). The number of nitrogens with zero attached hydrogens (tertiary/aromatic N) is 6. The Labute approximate surface area is 726 Å². The van der Waals surface area contributed by atoms with Crippen molar-refractivity contribution in [1.82, 2.24) is 29.9 Å². The quantitative estimate of drug-likeness (QED) is 0.108. The zero-order valence-electron chi connectivity index (χ0n) is 67.2. The van der Waals surface area contributed by atoms with Crippen LogP contribution in [-0.4, -0.2) is 29.9 Å². The first-order chi connectivity index (χ1) is 61.4. The molecule has 2 aliphatic carbocycles. The third-order valence-electron chi connectivity index (χ3n) is 24.8. The first-order valence-electron chi connectivity index (χ1n) is 42.0. The van der Waals surface area contributed by atoms with E-state index in [1.807, 2.05) is 53.0 Å². The first-order valence-corrected chi connectivity index (χ1v) is 43.6. The summed E-state index contributed by atoms with van der Waals surface area (Å²) in [6.45, 7) is 0. The van der Waals surface area contributed by atoms with E-state index in [-0.39, 0.29) is 0 Å². The minimum absolute atomic E-state index is 0.446. The number of fused-ring (bicyclic) bond motifs is 12. The van der Waals surface area contributed by atoms with E-state index in [1.165, 1.54) is 113 Å². The highest BCUT2D eigenvalue weighted by molar-refractivity contribution is 7.26. The van der Waals surface area contributed by atoms with Crippen LogP contribution in [-0.2, 0) is 10.8 Å². The van der Waals surface area contributed by atoms with Gasteiger partial charge in [0.1, 0.15) is 0 Å². The van der Waals surface area contributed by atoms with Crippen molar-refractivity contribution in [3.05, 3.63) is 493 Å². The molecule has 0 N–H and O–H groups in total. The summed E-state index contributed by atoms with van der Waals surface area (Å²) in [5.74, 6) is 3.83. The molecule has 0 atom stereocenters. The summed E-state index contributed by atoms with van der Waals surface area (Å²) in [5, 5.41) is 4.94. The van der Waals surface area contributed by atoms with Gasteiger partial charge in [-0.05, 0) is 160 Å². The predicted molar refractivity (Wildman–Crippen MR) is 514 cm³/mol. The maximum Gasteiger partial charge on any atom is 0.164 e. The van der Waals surface area contributed by atoms with Crippen molar-refractivity contribution >= 4 is 63.0 Å². The lowest BCUT2D eigenvalue weighted by Gasteiger charge is -2.33. The van der Waals surface area contributed by atoms with Gasteiger partial charge in [-0.25, -0.2) is 29.9 Å². The van der Waals surface area contributed by atoms with Crippen molar-refractivity contribution < 1.29 is 0 Å². The smallest absolute Gasteiger partial charge is 0.164 e. The highest BCUT2D eigenvalue weighted by atomic mass is 32.1. The number of benzene rings is 18. The number of aromatic nitrogens is 6. The van der Waals surface area contributed by atoms with E-state index in [0.29, 0.717) is 34.9 Å². The van der Waals surface area contributed by atoms with Crippen LogP contribution in [0, 0.1) is 0 Å². The summed E-state index contributed by atoms with van der Waals surface area (Å²) < 4.78 is 4.88. The zero-order valence-corrected chi connectivity index (χ0v) is 68.9. The van der Waals surface area contributed by atoms with Crippen LogP contribution < -0.4 is 0 Å². The average molecular weight is 1620 g/mol. The summed E-state index contributed by atoms with van der Waals surface area (Å²) in [7, 11) is 0. The lowest BCUT2D eigenvalue weighted by atomic mass is 9.67. The summed E-state index contributed by atoms with van der Waals surface area (Å²) in [5.41, 5.74) is 29.4. The van der Waals surface area contributed by atoms with Gasteiger partial charge in [-0.1, -0.05) is 400 Å². The van der Waals surface area contributed by atoms with Crippen LogP contribution in [0.1, 0.15) is 44.5 Å². The van der Waals surface area contributed by atoms with E-state index in [9.17, 15) is 0 Å². The van der Waals surface area contributed by atoms with Crippen LogP contribution in [0.15, 0.2) is 449 Å². The molecular weight excluding hydrogens is 1540 g/mol. The fourth-order valence-corrected chi connectivity index (χ4v) is 21.5. The number of hydrogen-bond donors (Lipinski definition) is 0. The Balaban J connectivity index is 0.000000143. The number of hydrogen-bond acceptors (Lipinski definition) is 8. The van der Waals surface area contributed by atoms with Crippen molar-refractivity contribution in [2.45, 2.75) is 10.8 Å². The molecule has 0 radical (unpaired) electrons. The standard InChI is InChI=1S/2C58H37N3S/c1-5-17-38(18-6-1)42-33-43(39-19-7-2-8-20-39)35-44(34-42)57-60-55(40-21-9-3-10-22-40)59-56(61-57)41-29-31-49-50-32-30-46(37-54(50)62-53(49)36-41)58(45-23-11-4-12-24-45)51-27-15-13-25-47(51)48-26-14-16-28-52(48)58;1-4-15-38(16-5-1)40-27-29-41(30-28-40)55-59-56(43-20-14-19-42(35-43)39-17-6-2-7-18-39)61-57(60-55)44-31-33-49-50-34-32-46(37-54(50)62-53(49)36-44)58(45-21-8-3-9-22-45)51-25-12-10-23-47(51)48-24-11-13-26-52(48)58/h2*1-37H. The second-order valence-corrected chi connectivity index (χ2v) is 34.0. The normalized spacial score (nSPS) is 12.6. The second kappa shape index (κ2) is 30.9. The van der Waals surface area contributed by atoms with Crippen LogP contribution in [0.5, 0.6) is 0 Å². The Bertz CT molecular complexity index is 7680. The average Bonchev–Trinajstić information content (AvgIpc) is 1.54. The molecule has 0 fully saturated rings. The lowest BCUT2D eigenvalue weighted by Crippen LogP contribution is -2.28. The summed E-state index contributed by atoms with van der Waals surface area (Å²) in [6.07, 6.45) is 0. The monoisotopic (exact) mass is 1610 g/mol. The molecule has 124 heavy (non-hydrogen) atoms. The Morgan fingerprint density at radius 1 is 0.145 bits per heavy atom. The summed E-state index contributed by atoms with van der Waals surface area (Å²) in [6, 6.07) is 161. The predicted octanol–water partition coefficient (Wildman–Crippen LogP) is 29.9. The molecule has 0 spiro atoms. The summed E-state index contributed by atoms with van der Waals surface area (Å²) in [4.78, 5) is 31.1. The molecule has 580 valence electrons. The van der Waals surface area contributed by atoms with Gasteiger partial charge < -0.3 is 0 Å². The number of rotatable bonds is 14. The van der Waals surface area contributed by atoms with Crippen LogP contribution in [0.4, 0.5) is 0 Å². The van der Waals surface area contributed by atoms with E-state index < -0.39 is 10.8 Å². The molecular formula is C116H74N6S2. The van der Waals surface area contributed by atoms with Gasteiger partial charge in [-0.15, -0.1) is 22.7 Å². The van der Waals surface area contributed by atoms with Crippen molar-refractivity contribution in [3.63, 3.8) is 0 Å². The fourth-order valence-electron chi connectivity index (χ4n) is 19.1. The van der Waals surface area contributed by atoms with Crippen molar-refractivity contribution in [3.8, 4) is 135 Å². The van der Waals surface area contributed by atoms with Gasteiger partial charge in [-0.3, -0.25) is 0 Å². The van der Waals surface area contributed by atoms with Crippen LogP contribution in [0.2, 0.25) is 0 Å². The highest BCUT2D eigenvalue weighted by Gasteiger charge is 2.48. The third-order valence-corrected chi connectivity index (χ3v) is 27.1. The molecule has 8 heteroatoms. The topological polar surface area (TPSA) is 77.3 Å². The zero-order chi connectivity index (χ0) is 82.1. The van der Waals surface area contributed by atoms with Crippen LogP contribution in [0.25, 0.3) is 175 Å². The lowest BCUT2D eigenvalue weighted by molar-refractivity contribution is 0.770. The highest BCUT2D eigenvalue weighted by Crippen LogP contribution is 2.59. The Hall–Kier alpha value is -15.6. The molecule has 4 aromatic heterocycles. The van der Waals surface area contributed by atoms with Gasteiger partial charge >= 0.3 is 0 Å². The molecule has 0 aliphatic heterocycles. The Morgan fingerprint density at radius 3 is 0.766 bits per heavy atom. The van der Waals surface area contributed by atoms with E-state index >= 15 is 0 Å². The van der Waals surface area contributed by atoms with Crippen molar-refractivity contribution in [1.29, 1.82) is 0 Å². The maximum absolute atomic E-state index is 5.26. The minimum Gasteiger partial charge on any atom is -0.208 e. The van der Waals surface area contributed by atoms with E-state index in [2.05, 4.69) is 419 Å². The van der Waals surface area contributed by atoms with Gasteiger partial charge in [0.05, 0.1) is 10.8 Å². The third kappa shape index (κ3) is 12.8. The molecule has 0 saturated carbocycles. The molecule has 4 heterocycles. The molecule has 6 nitrogen and oxygen atoms in total. The Kier molecular flexibility index (Phi) is 18.3. The van der Waals surface area contributed by atoms with Crippen LogP contribution in [0.3, 0.4) is 0 Å². The minimum atomic E-state index is -0.447. The maximum atomic E-state index is 5.26. The van der Waals surface area contributed by atoms with E-state index in [4.69, 9.17) is 29.9 Å². The number of thiophene rings is 2. The Morgan fingerprint density at radius 2 is 0.379 bits per heavy atom. The van der Waals surface area contributed by atoms with Crippen molar-refractivity contribution in [2.75, 3.05) is 0 Å². The molecule has 22 aromatic rings. The molecule has 0 saturated heterocycles. The molecule has 0 unspecified atom stereocenters. The van der Waals surface area contributed by atoms with Gasteiger partial charge in [0, 0.05) is 73.7 Å². The van der Waals surface area contributed by atoms with E-state index in [0.717, 1.165) is 72.3 Å². The fraction of sp³-hybridized carbons (Fsp3) is 0.0172. The molecule has 0 amide bonds. The summed E-state index contributed by atoms with van der Waals surface area (Å²) >= 11 is 3.66. The van der Waals surface area contributed by atoms with Crippen LogP contribution >= 0.6 is 22.7 Å². The largest absolute Gasteiger partial charge is 0.208 e. The van der Waals surface area contributed by atoms with E-state index in [1.54, 1.807) is 0 Å². The van der Waals surface area contributed by atoms with Gasteiger partial charge in [0.15, 0.2) is 34.9 Å². The van der Waals surface area contributed by atoms with Gasteiger partial charge in [-0.2, -0.15) is 0 Å². The first kappa shape index (κ1) is 73.6. The molecule has 0 bridgehead atoms. The van der Waals surface area contributed by atoms with Gasteiger partial charge in [0.2, 0.25) is 0 Å². The second-order valence-electron chi connectivity index (χ2n) is 31.9. The molecule has 2 aliphatic rings.